The van der Waals surface area contributed by atoms with Gasteiger partial charge in [0.25, 0.3) is 0 Å². The number of amides is 1. The summed E-state index contributed by atoms with van der Waals surface area (Å²) in [6.07, 6.45) is 3.52. The molecule has 33 heavy (non-hydrogen) atoms. The molecule has 0 saturated carbocycles. The minimum atomic E-state index is 0.118. The number of piperidine rings is 1. The van der Waals surface area contributed by atoms with Crippen LogP contribution < -0.4 is 10.6 Å². The van der Waals surface area contributed by atoms with E-state index in [1.165, 1.54) is 16.7 Å². The number of aromatic nitrogens is 1. The zero-order valence-electron chi connectivity index (χ0n) is 19.5. The zero-order valence-corrected chi connectivity index (χ0v) is 19.5. The molecule has 1 saturated heterocycles. The van der Waals surface area contributed by atoms with E-state index in [0.717, 1.165) is 48.6 Å². The predicted octanol–water partition coefficient (Wildman–Crippen LogP) is 4.63. The highest BCUT2D eigenvalue weighted by Crippen LogP contribution is 2.30. The number of nitrogens with zero attached hydrogens (tertiary/aromatic N) is 2. The number of hydrogen-bond acceptors (Lipinski definition) is 3. The molecule has 0 atom stereocenters. The fourth-order valence-electron chi connectivity index (χ4n) is 4.65. The van der Waals surface area contributed by atoms with Gasteiger partial charge in [0.15, 0.2) is 0 Å². The number of carbonyl (C=O) groups is 1. The van der Waals surface area contributed by atoms with Crippen molar-refractivity contribution in [3.05, 3.63) is 77.0 Å². The summed E-state index contributed by atoms with van der Waals surface area (Å²) < 4.78 is 2.26. The lowest BCUT2D eigenvalue weighted by atomic mass is 10.0. The fraction of sp³-hybridized carbons (Fsp3) is 0.357. The van der Waals surface area contributed by atoms with Gasteiger partial charge < -0.3 is 15.2 Å². The van der Waals surface area contributed by atoms with Crippen molar-refractivity contribution >= 4 is 5.91 Å². The van der Waals surface area contributed by atoms with Crippen molar-refractivity contribution in [1.29, 1.82) is 5.26 Å². The number of nitriles is 1. The highest BCUT2D eigenvalue weighted by molar-refractivity contribution is 5.76. The van der Waals surface area contributed by atoms with Crippen molar-refractivity contribution in [3.63, 3.8) is 0 Å². The summed E-state index contributed by atoms with van der Waals surface area (Å²) in [5.74, 6) is 0.118. The molecule has 5 nitrogen and oxygen atoms in total. The molecule has 1 amide bonds. The third kappa shape index (κ3) is 5.53. The van der Waals surface area contributed by atoms with E-state index in [1.54, 1.807) is 0 Å². The van der Waals surface area contributed by atoms with E-state index in [9.17, 15) is 4.79 Å². The van der Waals surface area contributed by atoms with Gasteiger partial charge in [-0.2, -0.15) is 5.26 Å². The van der Waals surface area contributed by atoms with Crippen LogP contribution >= 0.6 is 0 Å². The van der Waals surface area contributed by atoms with Crippen molar-refractivity contribution in [1.82, 2.24) is 15.2 Å². The molecule has 2 aromatic carbocycles. The molecule has 0 bridgehead atoms. The van der Waals surface area contributed by atoms with Gasteiger partial charge in [-0.15, -0.1) is 0 Å². The minimum Gasteiger partial charge on any atom is -0.353 e. The number of hydrogen-bond donors (Lipinski definition) is 2. The summed E-state index contributed by atoms with van der Waals surface area (Å²) in [6, 6.07) is 21.5. The van der Waals surface area contributed by atoms with Gasteiger partial charge in [0.1, 0.15) is 0 Å². The van der Waals surface area contributed by atoms with Gasteiger partial charge >= 0.3 is 0 Å². The Bertz CT molecular complexity index is 1150. The van der Waals surface area contributed by atoms with Crippen LogP contribution in [0.4, 0.5) is 0 Å². The Kier molecular flexibility index (Phi) is 7.26. The molecule has 2 N–H and O–H groups in total. The Morgan fingerprint density at radius 3 is 2.55 bits per heavy atom. The number of rotatable bonds is 7. The summed E-state index contributed by atoms with van der Waals surface area (Å²) in [6.45, 7) is 6.18. The van der Waals surface area contributed by atoms with Crippen LogP contribution in [-0.4, -0.2) is 29.6 Å². The third-order valence-corrected chi connectivity index (χ3v) is 6.41. The van der Waals surface area contributed by atoms with Crippen molar-refractivity contribution in [3.8, 4) is 23.0 Å². The predicted molar refractivity (Wildman–Crippen MR) is 132 cm³/mol. The smallest absolute Gasteiger partial charge is 0.220 e. The minimum absolute atomic E-state index is 0.118. The highest BCUT2D eigenvalue weighted by atomic mass is 16.1. The molecule has 0 unspecified atom stereocenters. The Hall–Kier alpha value is -3.36. The first kappa shape index (κ1) is 22.8. The second-order valence-electron chi connectivity index (χ2n) is 8.96. The maximum atomic E-state index is 12.6. The second-order valence-corrected chi connectivity index (χ2v) is 8.96. The van der Waals surface area contributed by atoms with E-state index in [4.69, 9.17) is 5.26 Å². The van der Waals surface area contributed by atoms with Crippen molar-refractivity contribution in [2.45, 2.75) is 52.0 Å². The molecule has 0 spiro atoms. The van der Waals surface area contributed by atoms with Crippen LogP contribution in [0.5, 0.6) is 0 Å². The number of benzene rings is 2. The van der Waals surface area contributed by atoms with Crippen LogP contribution in [0.15, 0.2) is 54.6 Å². The van der Waals surface area contributed by atoms with Crippen LogP contribution in [0.3, 0.4) is 0 Å². The molecule has 3 aromatic rings. The van der Waals surface area contributed by atoms with Gasteiger partial charge in [-0.25, -0.2) is 0 Å². The van der Waals surface area contributed by atoms with Crippen molar-refractivity contribution in [2.24, 2.45) is 0 Å². The Labute approximate surface area is 196 Å². The van der Waals surface area contributed by atoms with E-state index >= 15 is 0 Å². The quantitative estimate of drug-likeness (QED) is 0.563. The maximum Gasteiger partial charge on any atom is 0.220 e. The Morgan fingerprint density at radius 1 is 1.09 bits per heavy atom. The Balaban J connectivity index is 1.61. The monoisotopic (exact) mass is 440 g/mol. The van der Waals surface area contributed by atoms with Gasteiger partial charge in [-0.1, -0.05) is 35.9 Å². The van der Waals surface area contributed by atoms with E-state index < -0.39 is 0 Å². The molecule has 0 radical (unpaired) electrons. The lowest BCUT2D eigenvalue weighted by Crippen LogP contribution is -2.42. The average Bonchev–Trinajstić information content (AvgIpc) is 3.23. The molecular formula is C28H32N4O. The van der Waals surface area contributed by atoms with E-state index in [0.29, 0.717) is 19.3 Å². The lowest BCUT2D eigenvalue weighted by molar-refractivity contribution is -0.121. The van der Waals surface area contributed by atoms with E-state index in [1.807, 2.05) is 12.1 Å². The first-order valence-corrected chi connectivity index (χ1v) is 11.8. The van der Waals surface area contributed by atoms with Crippen molar-refractivity contribution < 1.29 is 4.79 Å². The number of nitrogens with one attached hydrogen (secondary N) is 2. The summed E-state index contributed by atoms with van der Waals surface area (Å²) in [7, 11) is 0. The zero-order chi connectivity index (χ0) is 23.2. The SMILES string of the molecule is Cc1ccc(-c2ccc(CCC(=O)NC3CCNCC3)n2-c2ccc(CC#N)cc2)c(C)c1. The summed E-state index contributed by atoms with van der Waals surface area (Å²) >= 11 is 0. The van der Waals surface area contributed by atoms with Gasteiger partial charge in [-0.05, 0) is 81.6 Å². The summed E-state index contributed by atoms with van der Waals surface area (Å²) in [5.41, 5.74) is 7.94. The van der Waals surface area contributed by atoms with Gasteiger partial charge in [0, 0.05) is 29.4 Å². The van der Waals surface area contributed by atoms with Gasteiger partial charge in [-0.3, -0.25) is 4.79 Å². The van der Waals surface area contributed by atoms with Crippen LogP contribution in [0, 0.1) is 25.2 Å². The maximum absolute atomic E-state index is 12.6. The van der Waals surface area contributed by atoms with Gasteiger partial charge in [0.05, 0.1) is 18.2 Å². The molecule has 1 aliphatic rings. The molecule has 2 heterocycles. The first-order chi connectivity index (χ1) is 16.0. The fourth-order valence-corrected chi connectivity index (χ4v) is 4.65. The number of carbonyl (C=O) groups excluding carboxylic acids is 1. The van der Waals surface area contributed by atoms with Crippen molar-refractivity contribution in [2.75, 3.05) is 13.1 Å². The lowest BCUT2D eigenvalue weighted by Gasteiger charge is -2.23. The van der Waals surface area contributed by atoms with Gasteiger partial charge in [0.2, 0.25) is 5.91 Å². The van der Waals surface area contributed by atoms with Crippen LogP contribution in [-0.2, 0) is 17.6 Å². The molecular weight excluding hydrogens is 408 g/mol. The molecule has 0 aliphatic carbocycles. The van der Waals surface area contributed by atoms with Crippen LogP contribution in [0.2, 0.25) is 0 Å². The summed E-state index contributed by atoms with van der Waals surface area (Å²) in [4.78, 5) is 12.6. The van der Waals surface area contributed by atoms with Crippen LogP contribution in [0.25, 0.3) is 16.9 Å². The normalized spacial score (nSPS) is 14.1. The standard InChI is InChI=1S/C28H32N4O/c1-20-3-10-26(21(2)19-20)27-11-8-25(9-12-28(33)31-23-14-17-30-18-15-23)32(27)24-6-4-22(5-7-24)13-16-29/h3-8,10-11,19,23,30H,9,12-15,17-18H2,1-2H3,(H,31,33). The molecule has 170 valence electrons. The second kappa shape index (κ2) is 10.5. The first-order valence-electron chi connectivity index (χ1n) is 11.8. The molecule has 4 rings (SSSR count). The van der Waals surface area contributed by atoms with Crippen LogP contribution in [0.1, 0.15) is 41.6 Å². The molecule has 1 fully saturated rings. The molecule has 5 heteroatoms. The number of aryl methyl sites for hydroxylation is 3. The van der Waals surface area contributed by atoms with E-state index in [2.05, 4.69) is 77.6 Å². The topological polar surface area (TPSA) is 69.8 Å². The Morgan fingerprint density at radius 2 is 1.85 bits per heavy atom. The highest BCUT2D eigenvalue weighted by Gasteiger charge is 2.18. The molecule has 1 aliphatic heterocycles. The van der Waals surface area contributed by atoms with E-state index in [-0.39, 0.29) is 11.9 Å². The average molecular weight is 441 g/mol. The largest absolute Gasteiger partial charge is 0.353 e. The molecule has 1 aromatic heterocycles. The summed E-state index contributed by atoms with van der Waals surface area (Å²) in [5, 5.41) is 15.5. The third-order valence-electron chi connectivity index (χ3n) is 6.41.